The Kier molecular flexibility index (Phi) is 7.26. The number of rotatable bonds is 4. The van der Waals surface area contributed by atoms with Gasteiger partial charge in [0.15, 0.2) is 0 Å². The molecule has 0 aromatic carbocycles. The predicted molar refractivity (Wildman–Crippen MR) is 65.5 cm³/mol. The summed E-state index contributed by atoms with van der Waals surface area (Å²) < 4.78 is 15.5. The number of epoxide rings is 1. The van der Waals surface area contributed by atoms with E-state index in [4.69, 9.17) is 14.2 Å². The van der Waals surface area contributed by atoms with E-state index in [1.165, 1.54) is 29.5 Å². The average molecular weight is 233 g/mol. The smallest absolute Gasteiger partial charge is 0.383 e. The van der Waals surface area contributed by atoms with Crippen molar-refractivity contribution < 1.29 is 15.6 Å². The van der Waals surface area contributed by atoms with Crippen LogP contribution in [-0.2, 0) is 14.2 Å². The summed E-state index contributed by atoms with van der Waals surface area (Å²) in [6.45, 7) is 5.71. The number of hydrogen-bond donors (Lipinski definition) is 0. The van der Waals surface area contributed by atoms with Gasteiger partial charge in [0.05, 0.1) is 13.2 Å². The summed E-state index contributed by atoms with van der Waals surface area (Å²) in [6.07, 6.45) is 5.55. The molecule has 0 saturated carbocycles. The van der Waals surface area contributed by atoms with Crippen molar-refractivity contribution in [3.63, 3.8) is 0 Å². The summed E-state index contributed by atoms with van der Waals surface area (Å²) in [6, 6.07) is 0. The number of ether oxygens (including phenoxy) is 3. The zero-order valence-corrected chi connectivity index (χ0v) is 12.0. The van der Waals surface area contributed by atoms with Crippen LogP contribution < -0.4 is 0 Å². The lowest BCUT2D eigenvalue weighted by Gasteiger charge is -2.17. The van der Waals surface area contributed by atoms with Gasteiger partial charge in [-0.25, -0.2) is 0 Å². The van der Waals surface area contributed by atoms with E-state index in [0.29, 0.717) is 11.8 Å². The van der Waals surface area contributed by atoms with Gasteiger partial charge < -0.3 is 14.2 Å². The molecule has 2 rings (SSSR count). The molecule has 2 fully saturated rings. The molecule has 2 heterocycles. The molecular weight excluding hydrogens is 208 g/mol. The normalized spacial score (nSPS) is 29.4. The van der Waals surface area contributed by atoms with Gasteiger partial charge in [0.1, 0.15) is 6.10 Å². The highest BCUT2D eigenvalue weighted by Crippen LogP contribution is 2.08. The first kappa shape index (κ1) is 13.2. The largest absolute Gasteiger partial charge is 1.00 e. The molecule has 0 N–H and O–H groups in total. The molecule has 15 heavy (non-hydrogen) atoms. The summed E-state index contributed by atoms with van der Waals surface area (Å²) in [5.74, 6) is 0. The highest BCUT2D eigenvalue weighted by molar-refractivity contribution is 6.10. The van der Waals surface area contributed by atoms with Crippen LogP contribution in [0.2, 0.25) is 0 Å². The second kappa shape index (κ2) is 8.27. The third-order valence-corrected chi connectivity index (χ3v) is 3.37. The molecule has 2 aliphatic rings. The van der Waals surface area contributed by atoms with Crippen LogP contribution in [0.1, 0.15) is 34.0 Å². The van der Waals surface area contributed by atoms with Crippen molar-refractivity contribution in [2.75, 3.05) is 26.4 Å². The van der Waals surface area contributed by atoms with Crippen molar-refractivity contribution in [2.24, 2.45) is 0 Å². The molecular formula is C11H25O3Si+. The SMILES string of the molecule is CCCOCC1CO1.[H+].[SiH3]C1CCCCO1. The molecule has 2 unspecified atom stereocenters. The Morgan fingerprint density at radius 1 is 1.40 bits per heavy atom. The fourth-order valence-electron chi connectivity index (χ4n) is 1.43. The van der Waals surface area contributed by atoms with Crippen LogP contribution >= 0.6 is 0 Å². The topological polar surface area (TPSA) is 31.0 Å². The quantitative estimate of drug-likeness (QED) is 0.409. The summed E-state index contributed by atoms with van der Waals surface area (Å²) in [5.41, 5.74) is 0.675. The first-order valence-corrected chi connectivity index (χ1v) is 7.29. The van der Waals surface area contributed by atoms with Gasteiger partial charge in [-0.05, 0) is 25.7 Å². The summed E-state index contributed by atoms with van der Waals surface area (Å²) in [5, 5.41) is 0. The van der Waals surface area contributed by atoms with Crippen LogP contribution in [0, 0.1) is 0 Å². The van der Waals surface area contributed by atoms with E-state index in [-0.39, 0.29) is 1.43 Å². The van der Waals surface area contributed by atoms with E-state index in [1.54, 1.807) is 0 Å². The average Bonchev–Trinajstić information content (AvgIpc) is 3.04. The number of hydrogen-bond acceptors (Lipinski definition) is 3. The predicted octanol–water partition coefficient (Wildman–Crippen LogP) is 0.803. The van der Waals surface area contributed by atoms with Gasteiger partial charge in [0.2, 0.25) is 0 Å². The zero-order chi connectivity index (χ0) is 10.9. The fraction of sp³-hybridized carbons (Fsp3) is 1.00. The van der Waals surface area contributed by atoms with E-state index >= 15 is 0 Å². The molecule has 0 amide bonds. The Hall–Kier alpha value is 0.0969. The van der Waals surface area contributed by atoms with Gasteiger partial charge in [-0.2, -0.15) is 0 Å². The van der Waals surface area contributed by atoms with E-state index in [2.05, 4.69) is 6.92 Å². The van der Waals surface area contributed by atoms with Crippen LogP contribution in [0.25, 0.3) is 0 Å². The van der Waals surface area contributed by atoms with Crippen LogP contribution in [0.15, 0.2) is 0 Å². The standard InChI is InChI=1S/C6H12O2.C5H12OSi/c1-2-3-7-4-6-5-8-6;7-5-3-1-2-4-6-5/h6H,2-5H2,1H3;5H,1-4H2,7H3/p+1. The van der Waals surface area contributed by atoms with Crippen LogP contribution in [0.3, 0.4) is 0 Å². The first-order valence-electron chi connectivity index (χ1n) is 6.14. The Bertz CT molecular complexity index is 150. The minimum absolute atomic E-state index is 0. The van der Waals surface area contributed by atoms with E-state index in [1.807, 2.05) is 0 Å². The monoisotopic (exact) mass is 233 g/mol. The van der Waals surface area contributed by atoms with Crippen molar-refractivity contribution in [3.8, 4) is 0 Å². The van der Waals surface area contributed by atoms with Crippen LogP contribution in [-0.4, -0.2) is 48.5 Å². The molecule has 4 heteroatoms. The minimum Gasteiger partial charge on any atom is -0.383 e. The molecule has 0 spiro atoms. The van der Waals surface area contributed by atoms with E-state index < -0.39 is 0 Å². The molecule has 2 atom stereocenters. The van der Waals surface area contributed by atoms with Gasteiger partial charge in [-0.1, -0.05) is 6.92 Å². The molecule has 0 aliphatic carbocycles. The maximum atomic E-state index is 5.34. The van der Waals surface area contributed by atoms with E-state index in [0.717, 1.165) is 32.8 Å². The molecule has 2 saturated heterocycles. The Morgan fingerprint density at radius 3 is 2.60 bits per heavy atom. The first-order chi connectivity index (χ1) is 7.33. The van der Waals surface area contributed by atoms with Crippen LogP contribution in [0.5, 0.6) is 0 Å². The molecule has 0 aromatic rings. The lowest BCUT2D eigenvalue weighted by Crippen LogP contribution is -2.18. The van der Waals surface area contributed by atoms with Crippen molar-refractivity contribution in [2.45, 2.75) is 44.4 Å². The molecule has 2 aliphatic heterocycles. The Balaban J connectivity index is 0.000000267. The van der Waals surface area contributed by atoms with Crippen molar-refractivity contribution in [3.05, 3.63) is 0 Å². The van der Waals surface area contributed by atoms with Gasteiger partial charge in [-0.3, -0.25) is 0 Å². The molecule has 0 aromatic heterocycles. The molecule has 3 nitrogen and oxygen atoms in total. The van der Waals surface area contributed by atoms with Gasteiger partial charge in [-0.15, -0.1) is 0 Å². The van der Waals surface area contributed by atoms with Gasteiger partial charge in [0, 0.05) is 29.2 Å². The van der Waals surface area contributed by atoms with Crippen molar-refractivity contribution in [1.29, 1.82) is 0 Å². The van der Waals surface area contributed by atoms with E-state index in [9.17, 15) is 0 Å². The Morgan fingerprint density at radius 2 is 2.20 bits per heavy atom. The molecule has 0 radical (unpaired) electrons. The molecule has 0 bridgehead atoms. The van der Waals surface area contributed by atoms with Gasteiger partial charge >= 0.3 is 1.43 Å². The molecule has 90 valence electrons. The highest BCUT2D eigenvalue weighted by atomic mass is 28.1. The zero-order valence-electron chi connectivity index (χ0n) is 11.0. The maximum absolute atomic E-state index is 5.34. The second-order valence-electron chi connectivity index (χ2n) is 4.21. The van der Waals surface area contributed by atoms with Crippen molar-refractivity contribution >= 4 is 10.2 Å². The maximum Gasteiger partial charge on any atom is 1.00 e. The highest BCUT2D eigenvalue weighted by Gasteiger charge is 2.21. The lowest BCUT2D eigenvalue weighted by atomic mass is 10.2. The lowest BCUT2D eigenvalue weighted by molar-refractivity contribution is 0.0675. The summed E-state index contributed by atoms with van der Waals surface area (Å²) in [7, 11) is 1.23. The van der Waals surface area contributed by atoms with Crippen LogP contribution in [0.4, 0.5) is 0 Å². The Labute approximate surface area is 97.4 Å². The summed E-state index contributed by atoms with van der Waals surface area (Å²) >= 11 is 0. The minimum atomic E-state index is 0. The second-order valence-corrected chi connectivity index (χ2v) is 5.50. The summed E-state index contributed by atoms with van der Waals surface area (Å²) in [4.78, 5) is 0. The van der Waals surface area contributed by atoms with Crippen molar-refractivity contribution in [1.82, 2.24) is 0 Å². The third-order valence-electron chi connectivity index (χ3n) is 2.46. The van der Waals surface area contributed by atoms with Gasteiger partial charge in [0.25, 0.3) is 0 Å². The third kappa shape index (κ3) is 7.96. The fourth-order valence-corrected chi connectivity index (χ4v) is 2.07.